The predicted octanol–water partition coefficient (Wildman–Crippen LogP) is 2.95. The molecule has 0 radical (unpaired) electrons. The molecule has 0 saturated carbocycles. The van der Waals surface area contributed by atoms with Gasteiger partial charge < -0.3 is 10.2 Å². The van der Waals surface area contributed by atoms with E-state index in [9.17, 15) is 0 Å². The maximum absolute atomic E-state index is 3.73. The first kappa shape index (κ1) is 15.0. The molecule has 0 unspecified atom stereocenters. The Bertz CT molecular complexity index is 245. The molecule has 0 aromatic rings. The largest absolute Gasteiger partial charge is 0.369 e. The van der Waals surface area contributed by atoms with E-state index in [1.54, 1.807) is 0 Å². The smallest absolute Gasteiger partial charge is 0.0353 e. The Labute approximate surface area is 101 Å². The summed E-state index contributed by atoms with van der Waals surface area (Å²) in [4.78, 5) is 2.42. The SMILES string of the molecule is C=C/C=C(C)\C(=C/C)N1CCNCC1.CC. The van der Waals surface area contributed by atoms with Gasteiger partial charge in [-0.05, 0) is 19.4 Å². The van der Waals surface area contributed by atoms with Gasteiger partial charge in [-0.3, -0.25) is 0 Å². The summed E-state index contributed by atoms with van der Waals surface area (Å²) in [7, 11) is 0. The van der Waals surface area contributed by atoms with Crippen molar-refractivity contribution in [2.75, 3.05) is 26.2 Å². The van der Waals surface area contributed by atoms with Gasteiger partial charge in [-0.2, -0.15) is 0 Å². The third-order valence-corrected chi connectivity index (χ3v) is 2.50. The van der Waals surface area contributed by atoms with Crippen molar-refractivity contribution in [2.45, 2.75) is 27.7 Å². The van der Waals surface area contributed by atoms with Crippen LogP contribution in [0.15, 0.2) is 36.1 Å². The zero-order chi connectivity index (χ0) is 12.4. The van der Waals surface area contributed by atoms with E-state index < -0.39 is 0 Å². The normalized spacial score (nSPS) is 17.6. The third kappa shape index (κ3) is 4.67. The molecular weight excluding hydrogens is 196 g/mol. The van der Waals surface area contributed by atoms with Crippen LogP contribution in [0, 0.1) is 0 Å². The molecule has 1 fully saturated rings. The summed E-state index contributed by atoms with van der Waals surface area (Å²) in [5, 5.41) is 3.36. The lowest BCUT2D eigenvalue weighted by atomic mass is 10.1. The summed E-state index contributed by atoms with van der Waals surface area (Å²) < 4.78 is 0. The van der Waals surface area contributed by atoms with Crippen LogP contribution in [0.25, 0.3) is 0 Å². The Kier molecular flexibility index (Phi) is 8.64. The molecular formula is C14H26N2. The minimum Gasteiger partial charge on any atom is -0.369 e. The number of allylic oxidation sites excluding steroid dienone is 4. The molecule has 0 aromatic heterocycles. The predicted molar refractivity (Wildman–Crippen MR) is 73.5 cm³/mol. The molecule has 0 aromatic carbocycles. The lowest BCUT2D eigenvalue weighted by Crippen LogP contribution is -2.43. The zero-order valence-corrected chi connectivity index (χ0v) is 11.2. The van der Waals surface area contributed by atoms with Crippen LogP contribution in [0.3, 0.4) is 0 Å². The van der Waals surface area contributed by atoms with E-state index in [0.29, 0.717) is 0 Å². The molecule has 1 N–H and O–H groups in total. The minimum atomic E-state index is 1.08. The number of hydrogen-bond donors (Lipinski definition) is 1. The molecule has 0 spiro atoms. The minimum absolute atomic E-state index is 1.08. The summed E-state index contributed by atoms with van der Waals surface area (Å²) >= 11 is 0. The molecule has 0 aliphatic carbocycles. The Hall–Kier alpha value is -1.02. The van der Waals surface area contributed by atoms with Crippen LogP contribution >= 0.6 is 0 Å². The first-order valence-corrected chi connectivity index (χ1v) is 6.21. The van der Waals surface area contributed by atoms with Crippen molar-refractivity contribution in [1.82, 2.24) is 10.2 Å². The molecule has 1 heterocycles. The van der Waals surface area contributed by atoms with E-state index in [1.807, 2.05) is 19.9 Å². The highest BCUT2D eigenvalue weighted by molar-refractivity contribution is 5.30. The van der Waals surface area contributed by atoms with Gasteiger partial charge in [0.2, 0.25) is 0 Å². The van der Waals surface area contributed by atoms with E-state index in [2.05, 4.69) is 42.8 Å². The van der Waals surface area contributed by atoms with Gasteiger partial charge in [-0.25, -0.2) is 0 Å². The van der Waals surface area contributed by atoms with Crippen molar-refractivity contribution in [3.8, 4) is 0 Å². The second-order valence-corrected chi connectivity index (χ2v) is 3.50. The molecule has 0 amide bonds. The first-order chi connectivity index (χ1) is 7.79. The molecule has 2 nitrogen and oxygen atoms in total. The Morgan fingerprint density at radius 3 is 2.25 bits per heavy atom. The molecule has 1 aliphatic heterocycles. The van der Waals surface area contributed by atoms with E-state index >= 15 is 0 Å². The van der Waals surface area contributed by atoms with Crippen LogP contribution in [0.4, 0.5) is 0 Å². The zero-order valence-electron chi connectivity index (χ0n) is 11.2. The third-order valence-electron chi connectivity index (χ3n) is 2.50. The molecule has 1 aliphatic rings. The van der Waals surface area contributed by atoms with E-state index in [1.165, 1.54) is 11.3 Å². The lowest BCUT2D eigenvalue weighted by molar-refractivity contribution is 0.303. The van der Waals surface area contributed by atoms with Gasteiger partial charge >= 0.3 is 0 Å². The van der Waals surface area contributed by atoms with Crippen LogP contribution in [0.5, 0.6) is 0 Å². The van der Waals surface area contributed by atoms with Crippen LogP contribution in [0.2, 0.25) is 0 Å². The van der Waals surface area contributed by atoms with Gasteiger partial charge in [-0.15, -0.1) is 0 Å². The van der Waals surface area contributed by atoms with Crippen molar-refractivity contribution >= 4 is 0 Å². The van der Waals surface area contributed by atoms with E-state index in [0.717, 1.165) is 26.2 Å². The van der Waals surface area contributed by atoms with Gasteiger partial charge in [0.25, 0.3) is 0 Å². The molecule has 1 rings (SSSR count). The Balaban J connectivity index is 0.00000106. The maximum Gasteiger partial charge on any atom is 0.0353 e. The average Bonchev–Trinajstić information content (AvgIpc) is 2.34. The molecule has 0 atom stereocenters. The number of nitrogens with zero attached hydrogens (tertiary/aromatic N) is 1. The van der Waals surface area contributed by atoms with Crippen molar-refractivity contribution in [1.29, 1.82) is 0 Å². The topological polar surface area (TPSA) is 15.3 Å². The van der Waals surface area contributed by atoms with Gasteiger partial charge in [0, 0.05) is 31.9 Å². The van der Waals surface area contributed by atoms with Gasteiger partial charge in [0.15, 0.2) is 0 Å². The molecule has 92 valence electrons. The average molecular weight is 222 g/mol. The van der Waals surface area contributed by atoms with E-state index in [4.69, 9.17) is 0 Å². The maximum atomic E-state index is 3.73. The molecule has 2 heteroatoms. The summed E-state index contributed by atoms with van der Waals surface area (Å²) in [5.74, 6) is 0. The monoisotopic (exact) mass is 222 g/mol. The highest BCUT2D eigenvalue weighted by Crippen LogP contribution is 2.15. The van der Waals surface area contributed by atoms with Gasteiger partial charge in [-0.1, -0.05) is 38.7 Å². The summed E-state index contributed by atoms with van der Waals surface area (Å²) in [5.41, 5.74) is 2.64. The van der Waals surface area contributed by atoms with Crippen LogP contribution < -0.4 is 5.32 Å². The summed E-state index contributed by atoms with van der Waals surface area (Å²) in [6, 6.07) is 0. The Morgan fingerprint density at radius 1 is 1.25 bits per heavy atom. The fraction of sp³-hybridized carbons (Fsp3) is 0.571. The number of hydrogen-bond acceptors (Lipinski definition) is 2. The van der Waals surface area contributed by atoms with Crippen LogP contribution in [0.1, 0.15) is 27.7 Å². The fourth-order valence-corrected chi connectivity index (χ4v) is 1.83. The van der Waals surface area contributed by atoms with Crippen molar-refractivity contribution in [2.24, 2.45) is 0 Å². The number of rotatable bonds is 3. The van der Waals surface area contributed by atoms with Crippen LogP contribution in [-0.2, 0) is 0 Å². The van der Waals surface area contributed by atoms with Crippen molar-refractivity contribution in [3.05, 3.63) is 36.1 Å². The Morgan fingerprint density at radius 2 is 1.81 bits per heavy atom. The van der Waals surface area contributed by atoms with E-state index in [-0.39, 0.29) is 0 Å². The van der Waals surface area contributed by atoms with Crippen molar-refractivity contribution in [3.63, 3.8) is 0 Å². The van der Waals surface area contributed by atoms with Crippen molar-refractivity contribution < 1.29 is 0 Å². The second-order valence-electron chi connectivity index (χ2n) is 3.50. The van der Waals surface area contributed by atoms with Gasteiger partial charge in [0.05, 0.1) is 0 Å². The highest BCUT2D eigenvalue weighted by atomic mass is 15.2. The molecule has 16 heavy (non-hydrogen) atoms. The highest BCUT2D eigenvalue weighted by Gasteiger charge is 2.12. The molecule has 0 bridgehead atoms. The van der Waals surface area contributed by atoms with Gasteiger partial charge in [0.1, 0.15) is 0 Å². The quantitative estimate of drug-likeness (QED) is 0.739. The fourth-order valence-electron chi connectivity index (χ4n) is 1.83. The second kappa shape index (κ2) is 9.22. The number of nitrogens with one attached hydrogen (secondary N) is 1. The van der Waals surface area contributed by atoms with Crippen LogP contribution in [-0.4, -0.2) is 31.1 Å². The lowest BCUT2D eigenvalue weighted by Gasteiger charge is -2.32. The summed E-state index contributed by atoms with van der Waals surface area (Å²) in [6.45, 7) is 16.3. The first-order valence-electron chi connectivity index (χ1n) is 6.21. The molecule has 1 saturated heterocycles. The summed E-state index contributed by atoms with van der Waals surface area (Å²) in [6.07, 6.45) is 6.10. The standard InChI is InChI=1S/C12H20N2.C2H6/c1-4-6-11(3)12(5-2)14-9-7-13-8-10-14;1-2/h4-6,13H,1,7-10H2,2-3H3;1-2H3/b11-6-,12-5+;. The number of piperazine rings is 1.